The molecule has 2 nitrogen and oxygen atoms in total. The summed E-state index contributed by atoms with van der Waals surface area (Å²) in [4.78, 5) is 0. The van der Waals surface area contributed by atoms with E-state index in [1.54, 1.807) is 11.1 Å². The van der Waals surface area contributed by atoms with Gasteiger partial charge in [0.05, 0.1) is 19.3 Å². The van der Waals surface area contributed by atoms with Gasteiger partial charge in [0, 0.05) is 6.54 Å². The minimum Gasteiger partial charge on any atom is -0.378 e. The van der Waals surface area contributed by atoms with Crippen LogP contribution in [0.2, 0.25) is 0 Å². The first-order valence-electron chi connectivity index (χ1n) is 5.87. The Morgan fingerprint density at radius 3 is 3.13 bits per heavy atom. The monoisotopic (exact) mass is 203 g/mol. The molecule has 1 aromatic carbocycles. The van der Waals surface area contributed by atoms with Gasteiger partial charge in [-0.3, -0.25) is 0 Å². The summed E-state index contributed by atoms with van der Waals surface area (Å²) in [6.45, 7) is 2.66. The van der Waals surface area contributed by atoms with Crippen molar-refractivity contribution in [1.82, 2.24) is 5.32 Å². The zero-order valence-electron chi connectivity index (χ0n) is 8.96. The summed E-state index contributed by atoms with van der Waals surface area (Å²) >= 11 is 0. The van der Waals surface area contributed by atoms with Crippen molar-refractivity contribution in [1.29, 1.82) is 0 Å². The number of ether oxygens (including phenoxy) is 1. The van der Waals surface area contributed by atoms with Crippen molar-refractivity contribution in [3.05, 3.63) is 34.9 Å². The highest BCUT2D eigenvalue weighted by Gasteiger charge is 2.21. The molecular weight excluding hydrogens is 186 g/mol. The maximum atomic E-state index is 5.53. The molecule has 1 N–H and O–H groups in total. The van der Waals surface area contributed by atoms with Crippen LogP contribution in [0.5, 0.6) is 0 Å². The zero-order chi connectivity index (χ0) is 10.1. The number of aryl methyl sites for hydroxylation is 1. The summed E-state index contributed by atoms with van der Waals surface area (Å²) in [5, 5.41) is 3.54. The second-order valence-electron chi connectivity index (χ2n) is 4.42. The van der Waals surface area contributed by atoms with Crippen LogP contribution in [0.3, 0.4) is 0 Å². The van der Waals surface area contributed by atoms with Gasteiger partial charge >= 0.3 is 0 Å². The third-order valence-corrected chi connectivity index (χ3v) is 3.48. The zero-order valence-corrected chi connectivity index (χ0v) is 8.96. The van der Waals surface area contributed by atoms with Gasteiger partial charge in [-0.1, -0.05) is 18.2 Å². The number of benzene rings is 1. The highest BCUT2D eigenvalue weighted by atomic mass is 16.5. The Kier molecular flexibility index (Phi) is 2.47. The van der Waals surface area contributed by atoms with Crippen LogP contribution in [0.15, 0.2) is 18.2 Å². The van der Waals surface area contributed by atoms with Crippen molar-refractivity contribution in [2.75, 3.05) is 19.8 Å². The van der Waals surface area contributed by atoms with Crippen LogP contribution in [0, 0.1) is 0 Å². The van der Waals surface area contributed by atoms with E-state index in [1.165, 1.54) is 24.8 Å². The molecular formula is C13H17NO. The molecule has 15 heavy (non-hydrogen) atoms. The highest BCUT2D eigenvalue weighted by molar-refractivity contribution is 5.40. The van der Waals surface area contributed by atoms with Gasteiger partial charge in [0.15, 0.2) is 0 Å². The predicted octanol–water partition coefficient (Wildman–Crippen LogP) is 1.84. The number of hydrogen-bond donors (Lipinski definition) is 1. The Hall–Kier alpha value is -0.860. The van der Waals surface area contributed by atoms with E-state index in [0.29, 0.717) is 6.04 Å². The van der Waals surface area contributed by atoms with Gasteiger partial charge in [-0.2, -0.15) is 0 Å². The molecule has 1 saturated heterocycles. The van der Waals surface area contributed by atoms with E-state index in [-0.39, 0.29) is 0 Å². The first kappa shape index (κ1) is 9.37. The minimum absolute atomic E-state index is 0.423. The molecule has 0 saturated carbocycles. The average Bonchev–Trinajstić information content (AvgIpc) is 2.78. The van der Waals surface area contributed by atoms with Crippen LogP contribution < -0.4 is 5.32 Å². The van der Waals surface area contributed by atoms with Crippen molar-refractivity contribution in [2.24, 2.45) is 0 Å². The fraction of sp³-hybridized carbons (Fsp3) is 0.538. The number of nitrogens with one attached hydrogen (secondary N) is 1. The van der Waals surface area contributed by atoms with Gasteiger partial charge in [-0.05, 0) is 36.0 Å². The maximum absolute atomic E-state index is 5.53. The molecule has 1 atom stereocenters. The van der Waals surface area contributed by atoms with Crippen molar-refractivity contribution >= 4 is 0 Å². The van der Waals surface area contributed by atoms with Crippen LogP contribution in [-0.2, 0) is 17.6 Å². The fourth-order valence-electron chi connectivity index (χ4n) is 2.74. The molecule has 0 bridgehead atoms. The van der Waals surface area contributed by atoms with Crippen molar-refractivity contribution in [2.45, 2.75) is 25.3 Å². The second-order valence-corrected chi connectivity index (χ2v) is 4.42. The molecule has 1 aromatic rings. The molecule has 2 aliphatic rings. The molecule has 2 heteroatoms. The van der Waals surface area contributed by atoms with Crippen molar-refractivity contribution < 1.29 is 4.74 Å². The molecule has 3 rings (SSSR count). The molecule has 1 aliphatic carbocycles. The van der Waals surface area contributed by atoms with Gasteiger partial charge < -0.3 is 10.1 Å². The summed E-state index contributed by atoms with van der Waals surface area (Å²) in [5.74, 6) is 0. The quantitative estimate of drug-likeness (QED) is 0.752. The summed E-state index contributed by atoms with van der Waals surface area (Å²) in [6.07, 6.45) is 3.83. The van der Waals surface area contributed by atoms with Crippen molar-refractivity contribution in [3.8, 4) is 0 Å². The van der Waals surface area contributed by atoms with Gasteiger partial charge in [-0.15, -0.1) is 0 Å². The summed E-state index contributed by atoms with van der Waals surface area (Å²) in [6, 6.07) is 7.15. The third-order valence-electron chi connectivity index (χ3n) is 3.48. The van der Waals surface area contributed by atoms with Crippen molar-refractivity contribution in [3.63, 3.8) is 0 Å². The molecule has 0 aromatic heterocycles. The summed E-state index contributed by atoms with van der Waals surface area (Å²) < 4.78 is 5.53. The van der Waals surface area contributed by atoms with E-state index in [4.69, 9.17) is 4.74 Å². The van der Waals surface area contributed by atoms with Crippen LogP contribution in [0.25, 0.3) is 0 Å². The first-order chi connectivity index (χ1) is 7.45. The van der Waals surface area contributed by atoms with Gasteiger partial charge in [0.1, 0.15) is 0 Å². The van der Waals surface area contributed by atoms with Gasteiger partial charge in [-0.25, -0.2) is 0 Å². The number of hydrogen-bond acceptors (Lipinski definition) is 2. The lowest BCUT2D eigenvalue weighted by Crippen LogP contribution is -2.35. The molecule has 80 valence electrons. The predicted molar refractivity (Wildman–Crippen MR) is 60.0 cm³/mol. The number of morpholine rings is 1. The second kappa shape index (κ2) is 3.95. The van der Waals surface area contributed by atoms with Gasteiger partial charge in [0.2, 0.25) is 0 Å². The normalized spacial score (nSPS) is 25.2. The molecule has 1 heterocycles. The minimum atomic E-state index is 0.423. The molecule has 0 spiro atoms. The fourth-order valence-corrected chi connectivity index (χ4v) is 2.74. The molecule has 1 unspecified atom stereocenters. The van der Waals surface area contributed by atoms with Crippen LogP contribution in [-0.4, -0.2) is 19.8 Å². The van der Waals surface area contributed by atoms with E-state index in [2.05, 4.69) is 23.5 Å². The third kappa shape index (κ3) is 1.68. The summed E-state index contributed by atoms with van der Waals surface area (Å²) in [7, 11) is 0. The van der Waals surface area contributed by atoms with E-state index in [9.17, 15) is 0 Å². The molecule has 1 aliphatic heterocycles. The lowest BCUT2D eigenvalue weighted by molar-refractivity contribution is 0.0766. The van der Waals surface area contributed by atoms with E-state index >= 15 is 0 Å². The number of fused-ring (bicyclic) bond motifs is 1. The van der Waals surface area contributed by atoms with E-state index < -0.39 is 0 Å². The standard InChI is InChI=1S/C13H17NO/c1-3-10-4-2-6-12(11(10)5-1)13-9-15-8-7-14-13/h2,4,6,13-14H,1,3,5,7-9H2. The van der Waals surface area contributed by atoms with E-state index in [0.717, 1.165) is 19.8 Å². The van der Waals surface area contributed by atoms with Crippen LogP contribution >= 0.6 is 0 Å². The topological polar surface area (TPSA) is 21.3 Å². The largest absolute Gasteiger partial charge is 0.378 e. The maximum Gasteiger partial charge on any atom is 0.0662 e. The molecule has 1 fully saturated rings. The highest BCUT2D eigenvalue weighted by Crippen LogP contribution is 2.29. The molecule has 0 radical (unpaired) electrons. The Bertz CT molecular complexity index is 356. The summed E-state index contributed by atoms with van der Waals surface area (Å²) in [5.41, 5.74) is 4.62. The van der Waals surface area contributed by atoms with E-state index in [1.807, 2.05) is 0 Å². The SMILES string of the molecule is c1cc2c(c(C3COCCN3)c1)CCC2. The first-order valence-corrected chi connectivity index (χ1v) is 5.87. The number of rotatable bonds is 1. The average molecular weight is 203 g/mol. The Balaban J connectivity index is 1.93. The smallest absolute Gasteiger partial charge is 0.0662 e. The lowest BCUT2D eigenvalue weighted by Gasteiger charge is -2.26. The Morgan fingerprint density at radius 1 is 1.27 bits per heavy atom. The Labute approximate surface area is 90.6 Å². The van der Waals surface area contributed by atoms with Gasteiger partial charge in [0.25, 0.3) is 0 Å². The van der Waals surface area contributed by atoms with Crippen LogP contribution in [0.4, 0.5) is 0 Å². The van der Waals surface area contributed by atoms with Crippen LogP contribution in [0.1, 0.15) is 29.2 Å². The Morgan fingerprint density at radius 2 is 2.27 bits per heavy atom. The lowest BCUT2D eigenvalue weighted by atomic mass is 9.97. The molecule has 0 amide bonds.